The Morgan fingerprint density at radius 2 is 1.75 bits per heavy atom. The second-order valence-electron chi connectivity index (χ2n) is 3.15. The Labute approximate surface area is 96.1 Å². The molecule has 0 heterocycles. The van der Waals surface area contributed by atoms with Crippen LogP contribution in [0.25, 0.3) is 0 Å². The molecule has 0 amide bonds. The highest BCUT2D eigenvalue weighted by molar-refractivity contribution is 6.10. The number of allylic oxidation sites excluding steroid dienone is 6. The van der Waals surface area contributed by atoms with Crippen molar-refractivity contribution in [1.29, 1.82) is 0 Å². The van der Waals surface area contributed by atoms with E-state index in [4.69, 9.17) is 0 Å². The average molecular weight is 210 g/mol. The highest BCUT2D eigenvalue weighted by Gasteiger charge is 2.07. The fourth-order valence-electron chi connectivity index (χ4n) is 1.26. The highest BCUT2D eigenvalue weighted by Crippen LogP contribution is 2.09. The number of carbonyl (C=O) groups excluding carboxylic acids is 1. The van der Waals surface area contributed by atoms with Crippen LogP contribution in [0.3, 0.4) is 0 Å². The molecule has 0 unspecified atom stereocenters. The smallest absolute Gasteiger partial charge is 0.193 e. The van der Waals surface area contributed by atoms with Gasteiger partial charge in [-0.15, -0.1) is 0 Å². The number of carbonyl (C=O) groups is 1. The molecule has 1 nitrogen and oxygen atoms in total. The van der Waals surface area contributed by atoms with Crippen molar-refractivity contribution in [3.63, 3.8) is 0 Å². The Kier molecular flexibility index (Phi) is 4.74. The fraction of sp³-hybridized carbons (Fsp3) is 0. The minimum Gasteiger partial charge on any atom is -0.289 e. The Bertz CT molecular complexity index is 436. The Hall–Kier alpha value is -2.15. The van der Waals surface area contributed by atoms with Gasteiger partial charge in [0, 0.05) is 11.1 Å². The number of benzene rings is 1. The fourth-order valence-corrected chi connectivity index (χ4v) is 1.26. The van der Waals surface area contributed by atoms with E-state index >= 15 is 0 Å². The number of rotatable bonds is 5. The zero-order valence-corrected chi connectivity index (χ0v) is 9.10. The molecule has 1 rings (SSSR count). The molecule has 1 aromatic rings. The summed E-state index contributed by atoms with van der Waals surface area (Å²) in [7, 11) is 0. The molecule has 1 aromatic carbocycles. The second kappa shape index (κ2) is 6.36. The molecule has 0 aliphatic heterocycles. The zero-order valence-electron chi connectivity index (χ0n) is 9.10. The molecule has 0 aliphatic carbocycles. The molecule has 1 heteroatoms. The van der Waals surface area contributed by atoms with Crippen LogP contribution >= 0.6 is 0 Å². The lowest BCUT2D eigenvalue weighted by Crippen LogP contribution is -2.00. The molecule has 0 N–H and O–H groups in total. The second-order valence-corrected chi connectivity index (χ2v) is 3.15. The van der Waals surface area contributed by atoms with E-state index in [1.54, 1.807) is 42.5 Å². The van der Waals surface area contributed by atoms with Crippen LogP contribution in [0.1, 0.15) is 10.4 Å². The van der Waals surface area contributed by atoms with E-state index in [1.165, 1.54) is 0 Å². The van der Waals surface area contributed by atoms with E-state index in [2.05, 4.69) is 13.2 Å². The summed E-state index contributed by atoms with van der Waals surface area (Å²) in [6, 6.07) is 9.15. The summed E-state index contributed by atoms with van der Waals surface area (Å²) in [5.74, 6) is -0.0152. The van der Waals surface area contributed by atoms with Crippen molar-refractivity contribution < 1.29 is 4.79 Å². The van der Waals surface area contributed by atoms with Crippen molar-refractivity contribution in [2.45, 2.75) is 0 Å². The van der Waals surface area contributed by atoms with E-state index in [9.17, 15) is 4.79 Å². The lowest BCUT2D eigenvalue weighted by atomic mass is 10.0. The molecule has 0 bridgehead atoms. The molecule has 0 saturated heterocycles. The molecule has 16 heavy (non-hydrogen) atoms. The third kappa shape index (κ3) is 3.21. The van der Waals surface area contributed by atoms with E-state index in [0.717, 1.165) is 0 Å². The maximum Gasteiger partial charge on any atom is 0.193 e. The van der Waals surface area contributed by atoms with Gasteiger partial charge in [-0.2, -0.15) is 0 Å². The van der Waals surface area contributed by atoms with Crippen molar-refractivity contribution in [3.8, 4) is 0 Å². The van der Waals surface area contributed by atoms with E-state index < -0.39 is 0 Å². The monoisotopic (exact) mass is 210 g/mol. The molecule has 80 valence electrons. The van der Waals surface area contributed by atoms with Crippen LogP contribution in [0, 0.1) is 0 Å². The first kappa shape index (κ1) is 11.9. The van der Waals surface area contributed by atoms with Crippen LogP contribution < -0.4 is 0 Å². The van der Waals surface area contributed by atoms with Crippen molar-refractivity contribution in [3.05, 3.63) is 85.0 Å². The molecule has 0 fully saturated rings. The first-order valence-corrected chi connectivity index (χ1v) is 5.01. The van der Waals surface area contributed by atoms with Crippen molar-refractivity contribution >= 4 is 5.78 Å². The average Bonchev–Trinajstić information content (AvgIpc) is 2.35. The Morgan fingerprint density at radius 3 is 2.31 bits per heavy atom. The number of hydrogen-bond acceptors (Lipinski definition) is 1. The molecule has 0 atom stereocenters. The van der Waals surface area contributed by atoms with Crippen LogP contribution in [-0.2, 0) is 0 Å². The van der Waals surface area contributed by atoms with Gasteiger partial charge >= 0.3 is 0 Å². The SMILES string of the molecule is C=C/C=C\C(=C/C=C)C(=O)c1ccccc1. The van der Waals surface area contributed by atoms with Crippen molar-refractivity contribution in [1.82, 2.24) is 0 Å². The number of Topliss-reactive ketones (excluding diaryl/α,β-unsaturated/α-hetero) is 1. The maximum atomic E-state index is 12.0. The highest BCUT2D eigenvalue weighted by atomic mass is 16.1. The Balaban J connectivity index is 3.01. The van der Waals surface area contributed by atoms with Crippen LogP contribution in [0.5, 0.6) is 0 Å². The van der Waals surface area contributed by atoms with Gasteiger partial charge in [0.2, 0.25) is 0 Å². The summed E-state index contributed by atoms with van der Waals surface area (Å²) < 4.78 is 0. The van der Waals surface area contributed by atoms with Crippen LogP contribution in [0.2, 0.25) is 0 Å². The predicted octanol–water partition coefficient (Wildman–Crippen LogP) is 3.72. The molecule has 0 aromatic heterocycles. The summed E-state index contributed by atoms with van der Waals surface area (Å²) in [6.45, 7) is 7.17. The molecular formula is C15H14O. The lowest BCUT2D eigenvalue weighted by Gasteiger charge is -2.00. The first-order valence-electron chi connectivity index (χ1n) is 5.01. The number of ketones is 1. The topological polar surface area (TPSA) is 17.1 Å². The van der Waals surface area contributed by atoms with E-state index in [-0.39, 0.29) is 5.78 Å². The van der Waals surface area contributed by atoms with Crippen molar-refractivity contribution in [2.75, 3.05) is 0 Å². The normalized spacial score (nSPS) is 11.4. The van der Waals surface area contributed by atoms with Gasteiger partial charge in [-0.25, -0.2) is 0 Å². The van der Waals surface area contributed by atoms with Gasteiger partial charge in [-0.05, 0) is 0 Å². The molecule has 0 aliphatic rings. The summed E-state index contributed by atoms with van der Waals surface area (Å²) in [4.78, 5) is 12.0. The largest absolute Gasteiger partial charge is 0.289 e. The zero-order chi connectivity index (χ0) is 11.8. The Morgan fingerprint density at radius 1 is 1.06 bits per heavy atom. The van der Waals surface area contributed by atoms with Gasteiger partial charge < -0.3 is 0 Å². The molecule has 0 radical (unpaired) electrons. The van der Waals surface area contributed by atoms with Gasteiger partial charge in [-0.1, -0.05) is 73.9 Å². The summed E-state index contributed by atoms with van der Waals surface area (Å²) >= 11 is 0. The summed E-state index contributed by atoms with van der Waals surface area (Å²) in [5, 5.41) is 0. The van der Waals surface area contributed by atoms with Gasteiger partial charge in [-0.3, -0.25) is 4.79 Å². The maximum absolute atomic E-state index is 12.0. The van der Waals surface area contributed by atoms with Gasteiger partial charge in [0.15, 0.2) is 5.78 Å². The molecule has 0 saturated carbocycles. The summed E-state index contributed by atoms with van der Waals surface area (Å²) in [6.07, 6.45) is 8.38. The van der Waals surface area contributed by atoms with Crippen molar-refractivity contribution in [2.24, 2.45) is 0 Å². The van der Waals surface area contributed by atoms with Crippen LogP contribution in [0.15, 0.2) is 79.4 Å². The standard InChI is InChI=1S/C15H14O/c1-3-5-10-13(9-4-2)15(16)14-11-7-6-8-12-14/h3-12H,1-2H2/b10-5-,13-9+. The third-order valence-corrected chi connectivity index (χ3v) is 2.01. The molecular weight excluding hydrogens is 196 g/mol. The van der Waals surface area contributed by atoms with Gasteiger partial charge in [0.05, 0.1) is 0 Å². The van der Waals surface area contributed by atoms with Gasteiger partial charge in [0.25, 0.3) is 0 Å². The predicted molar refractivity (Wildman–Crippen MR) is 68.4 cm³/mol. The van der Waals surface area contributed by atoms with Crippen LogP contribution in [0.4, 0.5) is 0 Å². The molecule has 0 spiro atoms. The summed E-state index contributed by atoms with van der Waals surface area (Å²) in [5.41, 5.74) is 1.27. The minimum atomic E-state index is -0.0152. The van der Waals surface area contributed by atoms with Crippen LogP contribution in [-0.4, -0.2) is 5.78 Å². The lowest BCUT2D eigenvalue weighted by molar-refractivity contribution is 0.103. The van der Waals surface area contributed by atoms with E-state index in [1.807, 2.05) is 18.2 Å². The minimum absolute atomic E-state index is 0.0152. The first-order chi connectivity index (χ1) is 7.79. The number of hydrogen-bond donors (Lipinski definition) is 0. The van der Waals surface area contributed by atoms with Gasteiger partial charge in [0.1, 0.15) is 0 Å². The van der Waals surface area contributed by atoms with E-state index in [0.29, 0.717) is 11.1 Å². The quantitative estimate of drug-likeness (QED) is 0.411. The third-order valence-electron chi connectivity index (χ3n) is 2.01.